The van der Waals surface area contributed by atoms with E-state index in [1.165, 1.54) is 19.8 Å². The van der Waals surface area contributed by atoms with Crippen molar-refractivity contribution in [3.63, 3.8) is 0 Å². The lowest BCUT2D eigenvalue weighted by atomic mass is 10.0. The molecule has 182 valence electrons. The standard InChI is InChI=1S/C22H29F6NO3/c1-3-4-5-6-7-8-9-10-13-32-20(31)15(2)29-19(30)17-14-16(21(23,24)25)11-12-18(17)22(26,27)28/h11-12,14-15H,3-10,13H2,1-2H3,(H,29,30). The highest BCUT2D eigenvalue weighted by atomic mass is 19.4. The van der Waals surface area contributed by atoms with Gasteiger partial charge in [0.05, 0.1) is 23.3 Å². The van der Waals surface area contributed by atoms with E-state index >= 15 is 0 Å². The summed E-state index contributed by atoms with van der Waals surface area (Å²) in [6.45, 7) is 3.41. The third kappa shape index (κ3) is 9.48. The summed E-state index contributed by atoms with van der Waals surface area (Å²) in [5.74, 6) is -2.32. The Morgan fingerprint density at radius 2 is 1.47 bits per heavy atom. The number of halogens is 6. The summed E-state index contributed by atoms with van der Waals surface area (Å²) in [6.07, 6.45) is -1.76. The molecule has 1 aromatic carbocycles. The Kier molecular flexibility index (Phi) is 11.0. The van der Waals surface area contributed by atoms with Crippen molar-refractivity contribution >= 4 is 11.9 Å². The molecular formula is C22H29F6NO3. The van der Waals surface area contributed by atoms with Gasteiger partial charge in [0.1, 0.15) is 6.04 Å². The maximum atomic E-state index is 13.1. The number of amides is 1. The molecule has 1 N–H and O–H groups in total. The molecule has 1 rings (SSSR count). The summed E-state index contributed by atoms with van der Waals surface area (Å²) in [7, 11) is 0. The van der Waals surface area contributed by atoms with E-state index in [1.807, 2.05) is 5.32 Å². The lowest BCUT2D eigenvalue weighted by molar-refractivity contribution is -0.145. The van der Waals surface area contributed by atoms with Crippen molar-refractivity contribution in [1.82, 2.24) is 5.32 Å². The zero-order chi connectivity index (χ0) is 24.4. The predicted molar refractivity (Wildman–Crippen MR) is 107 cm³/mol. The fraction of sp³-hybridized carbons (Fsp3) is 0.636. The van der Waals surface area contributed by atoms with Crippen molar-refractivity contribution in [2.45, 2.75) is 83.6 Å². The van der Waals surface area contributed by atoms with Gasteiger partial charge >= 0.3 is 18.3 Å². The molecule has 0 spiro atoms. The molecular weight excluding hydrogens is 440 g/mol. The van der Waals surface area contributed by atoms with Crippen LogP contribution in [-0.2, 0) is 21.9 Å². The van der Waals surface area contributed by atoms with E-state index < -0.39 is 47.0 Å². The number of esters is 1. The summed E-state index contributed by atoms with van der Waals surface area (Å²) in [6, 6.07) is -0.756. The van der Waals surface area contributed by atoms with Gasteiger partial charge in [-0.15, -0.1) is 0 Å². The van der Waals surface area contributed by atoms with Crippen LogP contribution in [-0.4, -0.2) is 24.5 Å². The molecule has 10 heteroatoms. The minimum atomic E-state index is -5.04. The van der Waals surface area contributed by atoms with Crippen LogP contribution in [0.3, 0.4) is 0 Å². The van der Waals surface area contributed by atoms with Crippen LogP contribution < -0.4 is 5.32 Å². The first-order chi connectivity index (χ1) is 14.9. The van der Waals surface area contributed by atoms with E-state index in [2.05, 4.69) is 6.92 Å². The predicted octanol–water partition coefficient (Wildman–Crippen LogP) is 6.53. The van der Waals surface area contributed by atoms with Crippen molar-refractivity contribution in [2.75, 3.05) is 6.61 Å². The second-order valence-corrected chi connectivity index (χ2v) is 7.59. The first-order valence-corrected chi connectivity index (χ1v) is 10.6. The Morgan fingerprint density at radius 3 is 2.00 bits per heavy atom. The van der Waals surface area contributed by atoms with Crippen LogP contribution in [0, 0.1) is 0 Å². The molecule has 32 heavy (non-hydrogen) atoms. The highest BCUT2D eigenvalue weighted by Gasteiger charge is 2.39. The van der Waals surface area contributed by atoms with Gasteiger partial charge in [0.15, 0.2) is 0 Å². The van der Waals surface area contributed by atoms with Crippen molar-refractivity contribution in [3.05, 3.63) is 34.9 Å². The van der Waals surface area contributed by atoms with Gasteiger partial charge in [-0.3, -0.25) is 4.79 Å². The highest BCUT2D eigenvalue weighted by molar-refractivity contribution is 5.98. The molecule has 0 heterocycles. The van der Waals surface area contributed by atoms with E-state index in [-0.39, 0.29) is 24.8 Å². The maximum Gasteiger partial charge on any atom is 0.417 e. The van der Waals surface area contributed by atoms with Crippen molar-refractivity contribution in [1.29, 1.82) is 0 Å². The van der Waals surface area contributed by atoms with Crippen LogP contribution in [0.2, 0.25) is 0 Å². The number of carbonyl (C=O) groups is 2. The normalized spacial score (nSPS) is 13.0. The van der Waals surface area contributed by atoms with E-state index in [4.69, 9.17) is 4.74 Å². The first kappa shape index (κ1) is 27.8. The molecule has 0 saturated heterocycles. The fourth-order valence-corrected chi connectivity index (χ4v) is 3.02. The number of nitrogens with one attached hydrogen (secondary N) is 1. The molecule has 1 aromatic rings. The van der Waals surface area contributed by atoms with Gasteiger partial charge in [-0.25, -0.2) is 4.79 Å². The number of carbonyl (C=O) groups excluding carboxylic acids is 2. The van der Waals surface area contributed by atoms with Crippen LogP contribution in [0.4, 0.5) is 26.3 Å². The van der Waals surface area contributed by atoms with Crippen LogP contribution in [0.5, 0.6) is 0 Å². The number of alkyl halides is 6. The molecule has 0 saturated carbocycles. The number of benzene rings is 1. The Labute approximate surface area is 183 Å². The average Bonchev–Trinajstić information content (AvgIpc) is 2.70. The first-order valence-electron chi connectivity index (χ1n) is 10.6. The van der Waals surface area contributed by atoms with Gasteiger partial charge in [0, 0.05) is 0 Å². The van der Waals surface area contributed by atoms with Gasteiger partial charge in [0.25, 0.3) is 5.91 Å². The monoisotopic (exact) mass is 469 g/mol. The molecule has 0 radical (unpaired) electrons. The van der Waals surface area contributed by atoms with Crippen molar-refractivity contribution < 1.29 is 40.7 Å². The number of ether oxygens (including phenoxy) is 1. The molecule has 0 aliphatic rings. The Hall–Kier alpha value is -2.26. The SMILES string of the molecule is CCCCCCCCCCOC(=O)C(C)NC(=O)c1cc(C(F)(F)F)ccc1C(F)(F)F. The minimum Gasteiger partial charge on any atom is -0.464 e. The molecule has 0 aliphatic heterocycles. The van der Waals surface area contributed by atoms with Crippen LogP contribution in [0.25, 0.3) is 0 Å². The smallest absolute Gasteiger partial charge is 0.417 e. The fourth-order valence-electron chi connectivity index (χ4n) is 3.02. The Balaban J connectivity index is 2.61. The highest BCUT2D eigenvalue weighted by Crippen LogP contribution is 2.36. The number of hydrogen-bond donors (Lipinski definition) is 1. The Morgan fingerprint density at radius 1 is 0.906 bits per heavy atom. The quantitative estimate of drug-likeness (QED) is 0.215. The number of unbranched alkanes of at least 4 members (excludes halogenated alkanes) is 7. The summed E-state index contributed by atoms with van der Waals surface area (Å²) in [5, 5.41) is 1.99. The summed E-state index contributed by atoms with van der Waals surface area (Å²) in [5.41, 5.74) is -4.14. The van der Waals surface area contributed by atoms with Crippen LogP contribution in [0.15, 0.2) is 18.2 Å². The third-order valence-electron chi connectivity index (χ3n) is 4.84. The summed E-state index contributed by atoms with van der Waals surface area (Å²) < 4.78 is 83.0. The van der Waals surface area contributed by atoms with E-state index in [9.17, 15) is 35.9 Å². The zero-order valence-electron chi connectivity index (χ0n) is 18.2. The van der Waals surface area contributed by atoms with Gasteiger partial charge in [-0.2, -0.15) is 26.3 Å². The maximum absolute atomic E-state index is 13.1. The van der Waals surface area contributed by atoms with Gasteiger partial charge in [-0.05, 0) is 31.5 Å². The lowest BCUT2D eigenvalue weighted by Crippen LogP contribution is -2.40. The molecule has 1 amide bonds. The average molecular weight is 469 g/mol. The van der Waals surface area contributed by atoms with Gasteiger partial charge < -0.3 is 10.1 Å². The minimum absolute atomic E-state index is 0.0887. The Bertz CT molecular complexity index is 746. The molecule has 1 unspecified atom stereocenters. The van der Waals surface area contributed by atoms with E-state index in [0.717, 1.165) is 32.1 Å². The van der Waals surface area contributed by atoms with Crippen LogP contribution >= 0.6 is 0 Å². The van der Waals surface area contributed by atoms with Gasteiger partial charge in [-0.1, -0.05) is 51.9 Å². The number of hydrogen-bond acceptors (Lipinski definition) is 3. The molecule has 0 bridgehead atoms. The molecule has 0 fully saturated rings. The topological polar surface area (TPSA) is 55.4 Å². The molecule has 4 nitrogen and oxygen atoms in total. The van der Waals surface area contributed by atoms with Gasteiger partial charge in [0.2, 0.25) is 0 Å². The van der Waals surface area contributed by atoms with Crippen molar-refractivity contribution in [3.8, 4) is 0 Å². The zero-order valence-corrected chi connectivity index (χ0v) is 18.2. The molecule has 0 aliphatic carbocycles. The van der Waals surface area contributed by atoms with Crippen LogP contribution in [0.1, 0.15) is 86.7 Å². The third-order valence-corrected chi connectivity index (χ3v) is 4.84. The van der Waals surface area contributed by atoms with Crippen molar-refractivity contribution in [2.24, 2.45) is 0 Å². The summed E-state index contributed by atoms with van der Waals surface area (Å²) >= 11 is 0. The second-order valence-electron chi connectivity index (χ2n) is 7.59. The lowest BCUT2D eigenvalue weighted by Gasteiger charge is -2.18. The number of rotatable bonds is 12. The van der Waals surface area contributed by atoms with E-state index in [1.54, 1.807) is 0 Å². The largest absolute Gasteiger partial charge is 0.464 e. The molecule has 0 aromatic heterocycles. The summed E-state index contributed by atoms with van der Waals surface area (Å²) in [4.78, 5) is 24.2. The molecule has 1 atom stereocenters. The van der Waals surface area contributed by atoms with E-state index in [0.29, 0.717) is 6.42 Å². The second kappa shape index (κ2) is 12.7.